The standard InChI is InChI=1S/C23H20N2O3/c1-23(15-17-11-5-6-12-18(17)21(26)28-23)22(27)25-20(16-9-3-2-4-10-16)19-13-7-8-14-24-19/h2-14,20H,15H2,1H3,(H,25,27). The molecule has 0 bridgehead atoms. The van der Waals surface area contributed by atoms with Crippen LogP contribution < -0.4 is 5.32 Å². The Hall–Kier alpha value is -3.47. The van der Waals surface area contributed by atoms with Gasteiger partial charge >= 0.3 is 5.97 Å². The molecule has 4 rings (SSSR count). The number of fused-ring (bicyclic) bond motifs is 1. The molecule has 1 aliphatic rings. The van der Waals surface area contributed by atoms with Crippen LogP contribution in [0.1, 0.15) is 40.1 Å². The van der Waals surface area contributed by atoms with E-state index in [1.54, 1.807) is 25.3 Å². The highest BCUT2D eigenvalue weighted by molar-refractivity contribution is 5.97. The van der Waals surface area contributed by atoms with Crippen LogP contribution in [-0.4, -0.2) is 22.5 Å². The fourth-order valence-corrected chi connectivity index (χ4v) is 3.46. The molecule has 0 aliphatic carbocycles. The zero-order valence-electron chi connectivity index (χ0n) is 15.5. The van der Waals surface area contributed by atoms with E-state index in [0.717, 1.165) is 11.1 Å². The molecule has 0 radical (unpaired) electrons. The van der Waals surface area contributed by atoms with Crippen molar-refractivity contribution in [2.24, 2.45) is 0 Å². The predicted molar refractivity (Wildman–Crippen MR) is 105 cm³/mol. The van der Waals surface area contributed by atoms with Gasteiger partial charge in [-0.1, -0.05) is 54.6 Å². The molecule has 1 aliphatic heterocycles. The molecular formula is C23H20N2O3. The van der Waals surface area contributed by atoms with Gasteiger partial charge in [0.25, 0.3) is 5.91 Å². The lowest BCUT2D eigenvalue weighted by Crippen LogP contribution is -2.52. The van der Waals surface area contributed by atoms with Crippen LogP contribution in [-0.2, 0) is 16.0 Å². The Kier molecular flexibility index (Phi) is 4.65. The largest absolute Gasteiger partial charge is 0.445 e. The maximum Gasteiger partial charge on any atom is 0.339 e. The van der Waals surface area contributed by atoms with Gasteiger partial charge in [0, 0.05) is 12.6 Å². The summed E-state index contributed by atoms with van der Waals surface area (Å²) < 4.78 is 5.56. The van der Waals surface area contributed by atoms with E-state index in [1.807, 2.05) is 60.7 Å². The number of aromatic nitrogens is 1. The van der Waals surface area contributed by atoms with Crippen molar-refractivity contribution in [1.29, 1.82) is 0 Å². The molecule has 2 heterocycles. The van der Waals surface area contributed by atoms with Crippen LogP contribution in [0, 0.1) is 0 Å². The second-order valence-corrected chi connectivity index (χ2v) is 7.03. The minimum Gasteiger partial charge on any atom is -0.445 e. The second-order valence-electron chi connectivity index (χ2n) is 7.03. The van der Waals surface area contributed by atoms with Crippen molar-refractivity contribution in [3.8, 4) is 0 Å². The van der Waals surface area contributed by atoms with Gasteiger partial charge in [0.05, 0.1) is 17.3 Å². The molecule has 0 fully saturated rings. The first kappa shape index (κ1) is 17.9. The summed E-state index contributed by atoms with van der Waals surface area (Å²) >= 11 is 0. The summed E-state index contributed by atoms with van der Waals surface area (Å²) in [4.78, 5) is 30.0. The molecule has 5 heteroatoms. The minimum absolute atomic E-state index is 0.324. The Morgan fingerprint density at radius 1 is 1.04 bits per heavy atom. The quantitative estimate of drug-likeness (QED) is 0.712. The van der Waals surface area contributed by atoms with Gasteiger partial charge in [-0.25, -0.2) is 4.79 Å². The maximum absolute atomic E-state index is 13.2. The number of nitrogens with zero attached hydrogens (tertiary/aromatic N) is 1. The van der Waals surface area contributed by atoms with Crippen LogP contribution in [0.3, 0.4) is 0 Å². The van der Waals surface area contributed by atoms with E-state index in [0.29, 0.717) is 17.7 Å². The molecule has 5 nitrogen and oxygen atoms in total. The monoisotopic (exact) mass is 372 g/mol. The predicted octanol–water partition coefficient (Wildman–Crippen LogP) is 3.46. The molecule has 1 amide bonds. The molecule has 2 unspecified atom stereocenters. The highest BCUT2D eigenvalue weighted by Gasteiger charge is 2.43. The average Bonchev–Trinajstić information content (AvgIpc) is 2.73. The number of rotatable bonds is 4. The SMILES string of the molecule is CC1(C(=O)NC(c2ccccc2)c2ccccn2)Cc2ccccc2C(=O)O1. The number of esters is 1. The average molecular weight is 372 g/mol. The van der Waals surface area contributed by atoms with Crippen LogP contribution in [0.4, 0.5) is 0 Å². The van der Waals surface area contributed by atoms with Crippen molar-refractivity contribution in [1.82, 2.24) is 10.3 Å². The summed E-state index contributed by atoms with van der Waals surface area (Å²) in [6.45, 7) is 1.65. The molecule has 3 aromatic rings. The lowest BCUT2D eigenvalue weighted by atomic mass is 9.88. The van der Waals surface area contributed by atoms with Crippen molar-refractivity contribution in [3.05, 3.63) is 101 Å². The summed E-state index contributed by atoms with van der Waals surface area (Å²) in [5.74, 6) is -0.830. The Morgan fingerprint density at radius 2 is 1.75 bits per heavy atom. The number of nitrogens with one attached hydrogen (secondary N) is 1. The van der Waals surface area contributed by atoms with Crippen molar-refractivity contribution < 1.29 is 14.3 Å². The fraction of sp³-hybridized carbons (Fsp3) is 0.174. The van der Waals surface area contributed by atoms with Crippen molar-refractivity contribution in [3.63, 3.8) is 0 Å². The summed E-state index contributed by atoms with van der Waals surface area (Å²) in [5, 5.41) is 3.03. The van der Waals surface area contributed by atoms with Crippen molar-refractivity contribution >= 4 is 11.9 Å². The third-order valence-electron chi connectivity index (χ3n) is 4.96. The van der Waals surface area contributed by atoms with Gasteiger partial charge in [-0.3, -0.25) is 9.78 Å². The summed E-state index contributed by atoms with van der Waals surface area (Å²) in [5.41, 5.74) is 1.66. The zero-order valence-corrected chi connectivity index (χ0v) is 15.5. The highest BCUT2D eigenvalue weighted by Crippen LogP contribution is 2.30. The van der Waals surface area contributed by atoms with Gasteiger partial charge < -0.3 is 10.1 Å². The number of carbonyl (C=O) groups excluding carboxylic acids is 2. The Bertz CT molecular complexity index is 965. The zero-order chi connectivity index (χ0) is 19.6. The smallest absolute Gasteiger partial charge is 0.339 e. The first-order valence-corrected chi connectivity index (χ1v) is 9.15. The van der Waals surface area contributed by atoms with Gasteiger partial charge in [-0.15, -0.1) is 0 Å². The minimum atomic E-state index is -1.28. The van der Waals surface area contributed by atoms with Crippen LogP contribution >= 0.6 is 0 Å². The first-order valence-electron chi connectivity index (χ1n) is 9.15. The van der Waals surface area contributed by atoms with E-state index in [1.165, 1.54) is 0 Å². The van der Waals surface area contributed by atoms with E-state index < -0.39 is 17.6 Å². The number of cyclic esters (lactones) is 1. The molecule has 2 aromatic carbocycles. The van der Waals surface area contributed by atoms with Crippen LogP contribution in [0.25, 0.3) is 0 Å². The maximum atomic E-state index is 13.2. The van der Waals surface area contributed by atoms with E-state index in [4.69, 9.17) is 4.74 Å². The van der Waals surface area contributed by atoms with E-state index in [-0.39, 0.29) is 5.91 Å². The topological polar surface area (TPSA) is 68.3 Å². The Balaban J connectivity index is 1.64. The lowest BCUT2D eigenvalue weighted by molar-refractivity contribution is -0.140. The third-order valence-corrected chi connectivity index (χ3v) is 4.96. The van der Waals surface area contributed by atoms with E-state index >= 15 is 0 Å². The molecule has 140 valence electrons. The van der Waals surface area contributed by atoms with Gasteiger partial charge in [0.2, 0.25) is 0 Å². The third kappa shape index (κ3) is 3.39. The van der Waals surface area contributed by atoms with Gasteiger partial charge in [0.15, 0.2) is 5.60 Å². The fourth-order valence-electron chi connectivity index (χ4n) is 3.46. The van der Waals surface area contributed by atoms with Crippen LogP contribution in [0.5, 0.6) is 0 Å². The summed E-state index contributed by atoms with van der Waals surface area (Å²) in [7, 11) is 0. The van der Waals surface area contributed by atoms with Crippen molar-refractivity contribution in [2.45, 2.75) is 25.0 Å². The molecule has 0 spiro atoms. The summed E-state index contributed by atoms with van der Waals surface area (Å²) in [6.07, 6.45) is 2.01. The van der Waals surface area contributed by atoms with E-state index in [2.05, 4.69) is 10.3 Å². The first-order chi connectivity index (χ1) is 13.6. The number of ether oxygens (including phenoxy) is 1. The summed E-state index contributed by atoms with van der Waals surface area (Å²) in [6, 6.07) is 22.0. The van der Waals surface area contributed by atoms with Gasteiger partial charge in [0.1, 0.15) is 0 Å². The van der Waals surface area contributed by atoms with Gasteiger partial charge in [-0.2, -0.15) is 0 Å². The Morgan fingerprint density at radius 3 is 2.50 bits per heavy atom. The second kappa shape index (κ2) is 7.27. The molecule has 0 saturated carbocycles. The lowest BCUT2D eigenvalue weighted by Gasteiger charge is -2.34. The number of carbonyl (C=O) groups is 2. The highest BCUT2D eigenvalue weighted by atomic mass is 16.6. The number of pyridine rings is 1. The number of amides is 1. The molecule has 0 saturated heterocycles. The number of hydrogen-bond acceptors (Lipinski definition) is 4. The van der Waals surface area contributed by atoms with Crippen LogP contribution in [0.2, 0.25) is 0 Å². The van der Waals surface area contributed by atoms with Gasteiger partial charge in [-0.05, 0) is 36.2 Å². The van der Waals surface area contributed by atoms with E-state index in [9.17, 15) is 9.59 Å². The van der Waals surface area contributed by atoms with Crippen molar-refractivity contribution in [2.75, 3.05) is 0 Å². The molecule has 2 atom stereocenters. The molecule has 1 N–H and O–H groups in total. The van der Waals surface area contributed by atoms with Crippen LogP contribution in [0.15, 0.2) is 79.0 Å². The molecule has 1 aromatic heterocycles. The number of hydrogen-bond donors (Lipinski definition) is 1. The Labute approximate surface area is 163 Å². The molecular weight excluding hydrogens is 352 g/mol. The molecule has 28 heavy (non-hydrogen) atoms. The number of benzene rings is 2. The normalized spacial score (nSPS) is 19.2.